The Morgan fingerprint density at radius 1 is 1.38 bits per heavy atom. The molecule has 0 spiro atoms. The third-order valence-electron chi connectivity index (χ3n) is 2.17. The van der Waals surface area contributed by atoms with Crippen LogP contribution in [0.15, 0.2) is 30.3 Å². The summed E-state index contributed by atoms with van der Waals surface area (Å²) in [6, 6.07) is 12.2. The maximum atomic E-state index is 8.87. The number of hydrogen-bond donors (Lipinski definition) is 0. The average Bonchev–Trinajstić information content (AvgIpc) is 2.21. The van der Waals surface area contributed by atoms with Gasteiger partial charge < -0.3 is 4.90 Å². The van der Waals surface area contributed by atoms with Crippen molar-refractivity contribution in [2.24, 2.45) is 0 Å². The van der Waals surface area contributed by atoms with Crippen molar-refractivity contribution in [1.29, 1.82) is 5.26 Å². The molecule has 2 heteroatoms. The third kappa shape index (κ3) is 2.22. The lowest BCUT2D eigenvalue weighted by Gasteiger charge is -2.23. The van der Waals surface area contributed by atoms with Crippen molar-refractivity contribution in [2.45, 2.75) is 19.4 Å². The quantitative estimate of drug-likeness (QED) is 0.703. The lowest BCUT2D eigenvalue weighted by Crippen LogP contribution is -2.29. The zero-order valence-electron chi connectivity index (χ0n) is 8.07. The van der Waals surface area contributed by atoms with Crippen molar-refractivity contribution in [3.8, 4) is 6.07 Å². The molecule has 0 aliphatic heterocycles. The van der Waals surface area contributed by atoms with E-state index in [1.165, 1.54) is 0 Å². The van der Waals surface area contributed by atoms with Crippen LogP contribution in [-0.4, -0.2) is 13.1 Å². The topological polar surface area (TPSA) is 27.0 Å². The predicted octanol–water partition coefficient (Wildman–Crippen LogP) is 2.42. The number of nitrogens with zero attached hydrogens (tertiary/aromatic N) is 2. The Bertz CT molecular complexity index is 287. The van der Waals surface area contributed by atoms with E-state index in [-0.39, 0.29) is 6.04 Å². The van der Waals surface area contributed by atoms with Gasteiger partial charge in [-0.1, -0.05) is 25.1 Å². The van der Waals surface area contributed by atoms with Gasteiger partial charge in [-0.3, -0.25) is 0 Å². The van der Waals surface area contributed by atoms with Crippen molar-refractivity contribution in [1.82, 2.24) is 0 Å². The van der Waals surface area contributed by atoms with E-state index in [0.717, 1.165) is 12.1 Å². The number of rotatable bonds is 3. The van der Waals surface area contributed by atoms with Gasteiger partial charge in [-0.25, -0.2) is 0 Å². The zero-order chi connectivity index (χ0) is 9.68. The molecule has 1 aromatic rings. The van der Waals surface area contributed by atoms with Crippen LogP contribution >= 0.6 is 0 Å². The molecule has 1 aromatic carbocycles. The van der Waals surface area contributed by atoms with E-state index in [9.17, 15) is 0 Å². The standard InChI is InChI=1S/C11H14N2/c1-3-10(9-12)13(2)11-7-5-4-6-8-11/h4-8,10H,3H2,1-2H3. The van der Waals surface area contributed by atoms with Crippen LogP contribution in [0.3, 0.4) is 0 Å². The third-order valence-corrected chi connectivity index (χ3v) is 2.17. The Labute approximate surface area is 79.4 Å². The molecule has 0 N–H and O–H groups in total. The van der Waals surface area contributed by atoms with E-state index in [1.807, 2.05) is 49.2 Å². The summed E-state index contributed by atoms with van der Waals surface area (Å²) in [7, 11) is 1.95. The Balaban J connectivity index is 2.79. The molecule has 2 nitrogen and oxygen atoms in total. The van der Waals surface area contributed by atoms with Crippen LogP contribution in [0.2, 0.25) is 0 Å². The van der Waals surface area contributed by atoms with E-state index in [1.54, 1.807) is 0 Å². The predicted molar refractivity (Wildman–Crippen MR) is 54.5 cm³/mol. The van der Waals surface area contributed by atoms with Crippen LogP contribution in [0, 0.1) is 11.3 Å². The molecular weight excluding hydrogens is 160 g/mol. The van der Waals surface area contributed by atoms with Gasteiger partial charge in [0, 0.05) is 12.7 Å². The maximum Gasteiger partial charge on any atom is 0.116 e. The smallest absolute Gasteiger partial charge is 0.116 e. The van der Waals surface area contributed by atoms with Crippen molar-refractivity contribution in [3.05, 3.63) is 30.3 Å². The molecular formula is C11H14N2. The van der Waals surface area contributed by atoms with Crippen molar-refractivity contribution in [2.75, 3.05) is 11.9 Å². The van der Waals surface area contributed by atoms with E-state index < -0.39 is 0 Å². The maximum absolute atomic E-state index is 8.87. The largest absolute Gasteiger partial charge is 0.359 e. The fraction of sp³-hybridized carbons (Fsp3) is 0.364. The molecule has 1 atom stereocenters. The summed E-state index contributed by atoms with van der Waals surface area (Å²) in [4.78, 5) is 2.00. The molecule has 0 amide bonds. The Morgan fingerprint density at radius 3 is 2.46 bits per heavy atom. The highest BCUT2D eigenvalue weighted by Crippen LogP contribution is 2.15. The molecule has 13 heavy (non-hydrogen) atoms. The van der Waals surface area contributed by atoms with Crippen molar-refractivity contribution < 1.29 is 0 Å². The summed E-state index contributed by atoms with van der Waals surface area (Å²) >= 11 is 0. The second-order valence-corrected chi connectivity index (χ2v) is 3.00. The molecule has 1 unspecified atom stereocenters. The van der Waals surface area contributed by atoms with Crippen LogP contribution in [0.5, 0.6) is 0 Å². The van der Waals surface area contributed by atoms with Gasteiger partial charge in [0.25, 0.3) is 0 Å². The molecule has 0 radical (unpaired) electrons. The summed E-state index contributed by atoms with van der Waals surface area (Å²) in [5, 5.41) is 8.87. The molecule has 0 heterocycles. The fourth-order valence-corrected chi connectivity index (χ4v) is 1.29. The molecule has 0 saturated carbocycles. The van der Waals surface area contributed by atoms with Gasteiger partial charge in [0.15, 0.2) is 0 Å². The summed E-state index contributed by atoms with van der Waals surface area (Å²) in [5.41, 5.74) is 1.09. The van der Waals surface area contributed by atoms with E-state index >= 15 is 0 Å². The summed E-state index contributed by atoms with van der Waals surface area (Å²) < 4.78 is 0. The summed E-state index contributed by atoms with van der Waals surface area (Å²) in [5.74, 6) is 0. The Kier molecular flexibility index (Phi) is 3.33. The highest BCUT2D eigenvalue weighted by atomic mass is 15.1. The summed E-state index contributed by atoms with van der Waals surface area (Å²) in [6.45, 7) is 2.02. The minimum atomic E-state index is -0.0256. The normalized spacial score (nSPS) is 11.8. The lowest BCUT2D eigenvalue weighted by atomic mass is 10.2. The number of anilines is 1. The fourth-order valence-electron chi connectivity index (χ4n) is 1.29. The summed E-state index contributed by atoms with van der Waals surface area (Å²) in [6.07, 6.45) is 0.849. The molecule has 0 fully saturated rings. The van der Waals surface area contributed by atoms with Gasteiger partial charge >= 0.3 is 0 Å². The first-order valence-electron chi connectivity index (χ1n) is 4.47. The molecule has 0 aliphatic rings. The molecule has 0 saturated heterocycles. The first-order chi connectivity index (χ1) is 6.29. The number of hydrogen-bond acceptors (Lipinski definition) is 2. The van der Waals surface area contributed by atoms with Crippen molar-refractivity contribution >= 4 is 5.69 Å². The van der Waals surface area contributed by atoms with Crippen LogP contribution < -0.4 is 4.90 Å². The molecule has 1 rings (SSSR count). The first-order valence-corrected chi connectivity index (χ1v) is 4.47. The minimum absolute atomic E-state index is 0.0256. The van der Waals surface area contributed by atoms with Crippen LogP contribution in [0.4, 0.5) is 5.69 Å². The van der Waals surface area contributed by atoms with Crippen LogP contribution in [0.1, 0.15) is 13.3 Å². The molecule has 68 valence electrons. The van der Waals surface area contributed by atoms with Gasteiger partial charge in [-0.2, -0.15) is 5.26 Å². The van der Waals surface area contributed by atoms with Gasteiger partial charge in [0.2, 0.25) is 0 Å². The van der Waals surface area contributed by atoms with Gasteiger partial charge in [0.05, 0.1) is 6.07 Å². The first kappa shape index (κ1) is 9.60. The Hall–Kier alpha value is -1.49. The van der Waals surface area contributed by atoms with Gasteiger partial charge in [-0.15, -0.1) is 0 Å². The monoisotopic (exact) mass is 174 g/mol. The van der Waals surface area contributed by atoms with Crippen LogP contribution in [-0.2, 0) is 0 Å². The zero-order valence-corrected chi connectivity index (χ0v) is 8.07. The minimum Gasteiger partial charge on any atom is -0.359 e. The number of para-hydroxylation sites is 1. The van der Waals surface area contributed by atoms with E-state index in [2.05, 4.69) is 6.07 Å². The highest BCUT2D eigenvalue weighted by molar-refractivity contribution is 5.47. The van der Waals surface area contributed by atoms with E-state index in [4.69, 9.17) is 5.26 Å². The van der Waals surface area contributed by atoms with Gasteiger partial charge in [0.1, 0.15) is 6.04 Å². The number of nitriles is 1. The average molecular weight is 174 g/mol. The van der Waals surface area contributed by atoms with Crippen LogP contribution in [0.25, 0.3) is 0 Å². The molecule has 0 bridgehead atoms. The second-order valence-electron chi connectivity index (χ2n) is 3.00. The van der Waals surface area contributed by atoms with Gasteiger partial charge in [-0.05, 0) is 18.6 Å². The van der Waals surface area contributed by atoms with Crippen molar-refractivity contribution in [3.63, 3.8) is 0 Å². The van der Waals surface area contributed by atoms with E-state index in [0.29, 0.717) is 0 Å². The lowest BCUT2D eigenvalue weighted by molar-refractivity contribution is 0.734. The highest BCUT2D eigenvalue weighted by Gasteiger charge is 2.10. The number of benzene rings is 1. The second kappa shape index (κ2) is 4.51. The molecule has 0 aromatic heterocycles. The SMILES string of the molecule is CCC(C#N)N(C)c1ccccc1. The molecule has 0 aliphatic carbocycles. The Morgan fingerprint density at radius 2 is 2.00 bits per heavy atom.